The highest BCUT2D eigenvalue weighted by atomic mass is 16.3. The molecular formula is C12H18O2. The lowest BCUT2D eigenvalue weighted by Gasteiger charge is -2.13. The highest BCUT2D eigenvalue weighted by Crippen LogP contribution is 2.17. The topological polar surface area (TPSA) is 40.5 Å². The molecule has 2 atom stereocenters. The zero-order valence-corrected chi connectivity index (χ0v) is 8.77. The number of aliphatic hydroxyl groups excluding tert-OH is 1. The molecule has 2 nitrogen and oxygen atoms in total. The van der Waals surface area contributed by atoms with E-state index in [1.165, 1.54) is 0 Å². The van der Waals surface area contributed by atoms with Crippen LogP contribution in [0.4, 0.5) is 0 Å². The number of rotatable bonds is 4. The molecule has 0 saturated heterocycles. The van der Waals surface area contributed by atoms with Crippen LogP contribution in [0.25, 0.3) is 0 Å². The average Bonchev–Trinajstić information content (AvgIpc) is 2.01. The molecule has 78 valence electrons. The number of hydrogen-bond donors (Lipinski definition) is 2. The van der Waals surface area contributed by atoms with Gasteiger partial charge in [0.05, 0.1) is 6.10 Å². The first kappa shape index (κ1) is 11.1. The Hall–Kier alpha value is -1.02. The lowest BCUT2D eigenvalue weighted by molar-refractivity contribution is 0.164. The van der Waals surface area contributed by atoms with E-state index in [4.69, 9.17) is 0 Å². The standard InChI is InChI=1S/C12H18O2/c1-9(6-10(2)13)7-11-4-3-5-12(14)8-11/h3-5,8-10,13-14H,6-7H2,1-2H3. The van der Waals surface area contributed by atoms with E-state index in [1.54, 1.807) is 19.1 Å². The van der Waals surface area contributed by atoms with Gasteiger partial charge in [0.2, 0.25) is 0 Å². The van der Waals surface area contributed by atoms with Gasteiger partial charge in [-0.3, -0.25) is 0 Å². The lowest BCUT2D eigenvalue weighted by atomic mass is 9.96. The third kappa shape index (κ3) is 3.79. The van der Waals surface area contributed by atoms with E-state index in [1.807, 2.05) is 12.1 Å². The van der Waals surface area contributed by atoms with Gasteiger partial charge in [0, 0.05) is 0 Å². The van der Waals surface area contributed by atoms with E-state index >= 15 is 0 Å². The summed E-state index contributed by atoms with van der Waals surface area (Å²) in [6.07, 6.45) is 1.46. The largest absolute Gasteiger partial charge is 0.508 e. The molecule has 0 aromatic heterocycles. The molecule has 0 fully saturated rings. The SMILES string of the molecule is CC(O)CC(C)Cc1cccc(O)c1. The lowest BCUT2D eigenvalue weighted by Crippen LogP contribution is -2.09. The minimum Gasteiger partial charge on any atom is -0.508 e. The van der Waals surface area contributed by atoms with Crippen LogP contribution in [0, 0.1) is 5.92 Å². The number of aliphatic hydroxyl groups is 1. The van der Waals surface area contributed by atoms with Gasteiger partial charge in [0.1, 0.15) is 5.75 Å². The molecular weight excluding hydrogens is 176 g/mol. The molecule has 1 rings (SSSR count). The summed E-state index contributed by atoms with van der Waals surface area (Å²) in [5.74, 6) is 0.753. The molecule has 2 N–H and O–H groups in total. The average molecular weight is 194 g/mol. The molecule has 0 aliphatic heterocycles. The van der Waals surface area contributed by atoms with Crippen molar-refractivity contribution in [2.45, 2.75) is 32.8 Å². The van der Waals surface area contributed by atoms with Crippen molar-refractivity contribution < 1.29 is 10.2 Å². The predicted octanol–water partition coefficient (Wildman–Crippen LogP) is 2.34. The van der Waals surface area contributed by atoms with Crippen LogP contribution >= 0.6 is 0 Å². The maximum atomic E-state index is 9.26. The summed E-state index contributed by atoms with van der Waals surface area (Å²) in [7, 11) is 0. The first-order valence-electron chi connectivity index (χ1n) is 5.04. The second-order valence-corrected chi connectivity index (χ2v) is 4.06. The predicted molar refractivity (Wildman–Crippen MR) is 57.3 cm³/mol. The van der Waals surface area contributed by atoms with Crippen molar-refractivity contribution in [3.05, 3.63) is 29.8 Å². The fraction of sp³-hybridized carbons (Fsp3) is 0.500. The highest BCUT2D eigenvalue weighted by molar-refractivity contribution is 5.27. The van der Waals surface area contributed by atoms with Crippen LogP contribution in [0.15, 0.2) is 24.3 Å². The summed E-state index contributed by atoms with van der Waals surface area (Å²) in [4.78, 5) is 0. The Kier molecular flexibility index (Phi) is 3.96. The highest BCUT2D eigenvalue weighted by Gasteiger charge is 2.07. The first-order valence-corrected chi connectivity index (χ1v) is 5.04. The smallest absolute Gasteiger partial charge is 0.115 e. The molecule has 14 heavy (non-hydrogen) atoms. The maximum Gasteiger partial charge on any atom is 0.115 e. The fourth-order valence-electron chi connectivity index (χ4n) is 1.75. The summed E-state index contributed by atoms with van der Waals surface area (Å²) in [5, 5.41) is 18.5. The Balaban J connectivity index is 2.51. The molecule has 0 aliphatic carbocycles. The Bertz CT molecular complexity index is 281. The van der Waals surface area contributed by atoms with Gasteiger partial charge >= 0.3 is 0 Å². The van der Waals surface area contributed by atoms with Gasteiger partial charge in [-0.1, -0.05) is 19.1 Å². The van der Waals surface area contributed by atoms with Crippen molar-refractivity contribution >= 4 is 0 Å². The zero-order chi connectivity index (χ0) is 10.6. The Labute approximate surface area is 85.2 Å². The van der Waals surface area contributed by atoms with Crippen LogP contribution in [-0.4, -0.2) is 16.3 Å². The number of phenols is 1. The van der Waals surface area contributed by atoms with E-state index in [-0.39, 0.29) is 6.10 Å². The zero-order valence-electron chi connectivity index (χ0n) is 8.77. The maximum absolute atomic E-state index is 9.26. The van der Waals surface area contributed by atoms with Crippen LogP contribution in [0.1, 0.15) is 25.8 Å². The van der Waals surface area contributed by atoms with Crippen molar-refractivity contribution in [3.63, 3.8) is 0 Å². The van der Waals surface area contributed by atoms with E-state index in [0.29, 0.717) is 11.7 Å². The number of phenolic OH excluding ortho intramolecular Hbond substituents is 1. The second-order valence-electron chi connectivity index (χ2n) is 4.06. The molecule has 0 spiro atoms. The molecule has 0 radical (unpaired) electrons. The Morgan fingerprint density at radius 1 is 1.29 bits per heavy atom. The summed E-state index contributed by atoms with van der Waals surface area (Å²) in [5.41, 5.74) is 1.12. The molecule has 2 heteroatoms. The Morgan fingerprint density at radius 2 is 2.00 bits per heavy atom. The van der Waals surface area contributed by atoms with Crippen molar-refractivity contribution in [2.24, 2.45) is 5.92 Å². The van der Waals surface area contributed by atoms with Gasteiger partial charge in [-0.15, -0.1) is 0 Å². The number of benzene rings is 1. The van der Waals surface area contributed by atoms with Gasteiger partial charge in [0.15, 0.2) is 0 Å². The molecule has 0 aliphatic rings. The quantitative estimate of drug-likeness (QED) is 0.772. The van der Waals surface area contributed by atoms with Crippen molar-refractivity contribution in [1.29, 1.82) is 0 Å². The van der Waals surface area contributed by atoms with Crippen LogP contribution in [0.2, 0.25) is 0 Å². The van der Waals surface area contributed by atoms with Crippen LogP contribution in [0.5, 0.6) is 5.75 Å². The van der Waals surface area contributed by atoms with Gasteiger partial charge in [0.25, 0.3) is 0 Å². The minimum absolute atomic E-state index is 0.248. The van der Waals surface area contributed by atoms with Crippen LogP contribution < -0.4 is 0 Å². The van der Waals surface area contributed by atoms with Crippen molar-refractivity contribution in [1.82, 2.24) is 0 Å². The third-order valence-electron chi connectivity index (χ3n) is 2.24. The number of hydrogen-bond acceptors (Lipinski definition) is 2. The summed E-state index contributed by atoms with van der Waals surface area (Å²) < 4.78 is 0. The number of aromatic hydroxyl groups is 1. The van der Waals surface area contributed by atoms with Gasteiger partial charge in [-0.2, -0.15) is 0 Å². The van der Waals surface area contributed by atoms with E-state index < -0.39 is 0 Å². The minimum atomic E-state index is -0.248. The van der Waals surface area contributed by atoms with Crippen LogP contribution in [-0.2, 0) is 6.42 Å². The molecule has 2 unspecified atom stereocenters. The first-order chi connectivity index (χ1) is 6.58. The van der Waals surface area contributed by atoms with Gasteiger partial charge in [-0.05, 0) is 43.4 Å². The summed E-state index contributed by atoms with van der Waals surface area (Å²) in [6, 6.07) is 7.29. The summed E-state index contributed by atoms with van der Waals surface area (Å²) in [6.45, 7) is 3.91. The molecule has 1 aromatic carbocycles. The second kappa shape index (κ2) is 5.01. The monoisotopic (exact) mass is 194 g/mol. The third-order valence-corrected chi connectivity index (χ3v) is 2.24. The van der Waals surface area contributed by atoms with Gasteiger partial charge < -0.3 is 10.2 Å². The van der Waals surface area contributed by atoms with E-state index in [9.17, 15) is 10.2 Å². The molecule has 0 amide bonds. The van der Waals surface area contributed by atoms with Gasteiger partial charge in [-0.25, -0.2) is 0 Å². The molecule has 1 aromatic rings. The normalized spacial score (nSPS) is 15.1. The molecule has 0 saturated carbocycles. The van der Waals surface area contributed by atoms with Crippen molar-refractivity contribution in [3.8, 4) is 5.75 Å². The summed E-state index contributed by atoms with van der Waals surface area (Å²) >= 11 is 0. The van der Waals surface area contributed by atoms with E-state index in [2.05, 4.69) is 6.92 Å². The molecule has 0 heterocycles. The fourth-order valence-corrected chi connectivity index (χ4v) is 1.75. The Morgan fingerprint density at radius 3 is 2.57 bits per heavy atom. The van der Waals surface area contributed by atoms with Crippen molar-refractivity contribution in [2.75, 3.05) is 0 Å². The van der Waals surface area contributed by atoms with Crippen LogP contribution in [0.3, 0.4) is 0 Å². The van der Waals surface area contributed by atoms with E-state index in [0.717, 1.165) is 18.4 Å². The molecule has 0 bridgehead atoms.